The Morgan fingerprint density at radius 2 is 0.508 bits per heavy atom. The van der Waals surface area contributed by atoms with E-state index >= 15 is 0 Å². The summed E-state index contributed by atoms with van der Waals surface area (Å²) in [5, 5.41) is 14.4. The predicted molar refractivity (Wildman–Crippen MR) is 534 cm³/mol. The zero-order valence-electron chi connectivity index (χ0n) is 67.3. The number of hydrogen-bond donors (Lipinski definition) is 0. The molecule has 26 aromatic rings. The fraction of sp³-hybridized carbons (Fsp3) is 0. The normalized spacial score (nSPS) is 12.0. The molecule has 0 fully saturated rings. The van der Waals surface area contributed by atoms with E-state index in [1.54, 1.807) is 0 Å². The lowest BCUT2D eigenvalue weighted by atomic mass is 9.93. The van der Waals surface area contributed by atoms with Gasteiger partial charge in [-0.15, -0.1) is 45.3 Å². The Labute approximate surface area is 738 Å². The smallest absolute Gasteiger partial charge is 0.160 e. The lowest BCUT2D eigenvalue weighted by Crippen LogP contribution is -1.96. The highest BCUT2D eigenvalue weighted by molar-refractivity contribution is 7.27. The van der Waals surface area contributed by atoms with Gasteiger partial charge in [0.25, 0.3) is 0 Å². The molecule has 0 aliphatic rings. The van der Waals surface area contributed by atoms with E-state index in [2.05, 4.69) is 376 Å². The summed E-state index contributed by atoms with van der Waals surface area (Å²) >= 11 is 7.39. The number of nitrogens with zero attached hydrogens (tertiary/aromatic N) is 4. The highest BCUT2D eigenvalue weighted by Gasteiger charge is 2.24. The van der Waals surface area contributed by atoms with Gasteiger partial charge in [-0.3, -0.25) is 0 Å². The molecule has 126 heavy (non-hydrogen) atoms. The van der Waals surface area contributed by atoms with Crippen LogP contribution in [0.15, 0.2) is 409 Å². The molecule has 0 aliphatic heterocycles. The van der Waals surface area contributed by atoms with Crippen molar-refractivity contribution in [1.29, 1.82) is 0 Å². The first-order valence-corrected chi connectivity index (χ1v) is 45.6. The van der Waals surface area contributed by atoms with E-state index in [0.29, 0.717) is 11.6 Å². The van der Waals surface area contributed by atoms with Crippen LogP contribution in [0.1, 0.15) is 0 Å². The highest BCUT2D eigenvalue weighted by atomic mass is 32.1. The molecule has 8 heterocycles. The van der Waals surface area contributed by atoms with E-state index in [1.807, 2.05) is 69.6 Å². The minimum absolute atomic E-state index is 0.655. The van der Waals surface area contributed by atoms with Gasteiger partial charge >= 0.3 is 0 Å². The monoisotopic (exact) mass is 1670 g/mol. The van der Waals surface area contributed by atoms with Crippen molar-refractivity contribution < 1.29 is 8.83 Å². The van der Waals surface area contributed by atoms with Gasteiger partial charge in [0.2, 0.25) is 0 Å². The van der Waals surface area contributed by atoms with E-state index in [4.69, 9.17) is 28.8 Å². The lowest BCUT2D eigenvalue weighted by molar-refractivity contribution is 0.669. The Kier molecular flexibility index (Phi) is 16.7. The van der Waals surface area contributed by atoms with Crippen LogP contribution >= 0.6 is 45.3 Å². The Morgan fingerprint density at radius 1 is 0.159 bits per heavy atom. The van der Waals surface area contributed by atoms with Gasteiger partial charge < -0.3 is 8.83 Å². The first-order valence-electron chi connectivity index (χ1n) is 42.3. The molecule has 6 nitrogen and oxygen atoms in total. The van der Waals surface area contributed by atoms with E-state index in [-0.39, 0.29) is 0 Å². The van der Waals surface area contributed by atoms with Gasteiger partial charge in [-0.05, 0) is 182 Å². The Morgan fingerprint density at radius 3 is 1.06 bits per heavy atom. The van der Waals surface area contributed by atoms with Crippen molar-refractivity contribution in [3.8, 4) is 146 Å². The van der Waals surface area contributed by atoms with Crippen LogP contribution in [0.3, 0.4) is 0 Å². The number of para-hydroxylation sites is 3. The van der Waals surface area contributed by atoms with Crippen molar-refractivity contribution in [3.63, 3.8) is 0 Å². The van der Waals surface area contributed by atoms with Gasteiger partial charge in [0.15, 0.2) is 11.6 Å². The predicted octanol–water partition coefficient (Wildman–Crippen LogP) is 34.2. The van der Waals surface area contributed by atoms with E-state index < -0.39 is 0 Å². The van der Waals surface area contributed by atoms with Gasteiger partial charge in [-0.25, -0.2) is 19.9 Å². The standard InChI is InChI=1S/C116H66N4O2S4/c1-3-19-71(20-4-1)115-117-99(65-101(119-115)81-56-77(74-49-53-108-97(62-74)89-25-9-12-36-105(89)123-108)55-78(57-81)75-50-54-109-98(63-75)90-26-10-13-37-106(90)124-109)69-43-39-67(40-44-69)73-48-52-104-96(61-73)93-32-16-28-84(112(93)122-104)76-47-51-91-95-34-18-30-86(114(95)126-110(91)64-76)80-58-79(85-29-17-33-94-88-24-8-14-38-107(88)125-113(85)94)59-82(60-80)102-66-100(118-116(120-102)72-21-5-2-6-22-72)70-45-41-68(42-46-70)83-27-15-31-92-87-23-7-11-35-103(87)121-111(83)92/h1-66H. The molecule has 0 saturated heterocycles. The molecule has 0 saturated carbocycles. The molecule has 18 aromatic carbocycles. The van der Waals surface area contributed by atoms with Crippen LogP contribution in [0.25, 0.3) is 270 Å². The van der Waals surface area contributed by atoms with E-state index in [1.165, 1.54) is 86.3 Å². The van der Waals surface area contributed by atoms with Crippen molar-refractivity contribution in [2.45, 2.75) is 0 Å². The molecule has 0 radical (unpaired) electrons. The Bertz CT molecular complexity index is 8850. The summed E-state index contributed by atoms with van der Waals surface area (Å²) in [6.07, 6.45) is 0. The molecular weight excluding hydrogens is 1610 g/mol. The summed E-state index contributed by atoms with van der Waals surface area (Å²) in [7, 11) is 0. The second-order valence-corrected chi connectivity index (χ2v) is 36.9. The zero-order valence-corrected chi connectivity index (χ0v) is 70.6. The van der Waals surface area contributed by atoms with Crippen LogP contribution in [-0.4, -0.2) is 19.9 Å². The minimum atomic E-state index is 0.655. The quantitative estimate of drug-likeness (QED) is 0.114. The molecule has 586 valence electrons. The fourth-order valence-corrected chi connectivity index (χ4v) is 23.6. The van der Waals surface area contributed by atoms with Crippen LogP contribution in [0, 0.1) is 0 Å². The average Bonchev–Trinajstić information content (AvgIpc) is 1.54. The molecule has 0 spiro atoms. The maximum Gasteiger partial charge on any atom is 0.160 e. The van der Waals surface area contributed by atoms with Crippen molar-refractivity contribution in [3.05, 3.63) is 400 Å². The molecular formula is C116H66N4O2S4. The largest absolute Gasteiger partial charge is 0.455 e. The summed E-state index contributed by atoms with van der Waals surface area (Å²) in [6.45, 7) is 0. The van der Waals surface area contributed by atoms with E-state index in [9.17, 15) is 0 Å². The number of furan rings is 2. The molecule has 0 aliphatic carbocycles. The van der Waals surface area contributed by atoms with Gasteiger partial charge in [0, 0.05) is 147 Å². The number of thiophene rings is 4. The first-order chi connectivity index (χ1) is 62.3. The number of hydrogen-bond acceptors (Lipinski definition) is 10. The van der Waals surface area contributed by atoms with Crippen LogP contribution in [-0.2, 0) is 0 Å². The summed E-state index contributed by atoms with van der Waals surface area (Å²) in [4.78, 5) is 21.7. The first kappa shape index (κ1) is 72.3. The van der Waals surface area contributed by atoms with Crippen molar-refractivity contribution in [2.24, 2.45) is 0 Å². The van der Waals surface area contributed by atoms with Gasteiger partial charge in [0.1, 0.15) is 22.3 Å². The fourth-order valence-electron chi connectivity index (χ4n) is 18.9. The minimum Gasteiger partial charge on any atom is -0.455 e. The average molecular weight is 1680 g/mol. The highest BCUT2D eigenvalue weighted by Crippen LogP contribution is 2.50. The topological polar surface area (TPSA) is 77.8 Å². The maximum absolute atomic E-state index is 7.00. The third-order valence-electron chi connectivity index (χ3n) is 25.1. The van der Waals surface area contributed by atoms with E-state index in [0.717, 1.165) is 172 Å². The summed E-state index contributed by atoms with van der Waals surface area (Å²) < 4.78 is 23.6. The van der Waals surface area contributed by atoms with Crippen LogP contribution in [0.5, 0.6) is 0 Å². The second-order valence-electron chi connectivity index (χ2n) is 32.6. The molecule has 8 aromatic heterocycles. The van der Waals surface area contributed by atoms with Crippen molar-refractivity contribution in [1.82, 2.24) is 19.9 Å². The molecule has 0 bridgehead atoms. The molecule has 0 atom stereocenters. The number of rotatable bonds is 13. The van der Waals surface area contributed by atoms with Gasteiger partial charge in [-0.1, -0.05) is 285 Å². The second kappa shape index (κ2) is 29.1. The summed E-state index contributed by atoms with van der Waals surface area (Å²) in [5.41, 5.74) is 28.2. The molecule has 0 amide bonds. The summed E-state index contributed by atoms with van der Waals surface area (Å²) in [6, 6.07) is 145. The van der Waals surface area contributed by atoms with Crippen LogP contribution < -0.4 is 0 Å². The number of benzene rings is 18. The van der Waals surface area contributed by atoms with Crippen LogP contribution in [0.2, 0.25) is 0 Å². The molecule has 10 heteroatoms. The van der Waals surface area contributed by atoms with Crippen LogP contribution in [0.4, 0.5) is 0 Å². The third kappa shape index (κ3) is 12.2. The Balaban J connectivity index is 0.549. The number of fused-ring (bicyclic) bond motifs is 18. The Hall–Kier alpha value is -15.4. The van der Waals surface area contributed by atoms with Gasteiger partial charge in [0.05, 0.1) is 22.8 Å². The van der Waals surface area contributed by atoms with Crippen molar-refractivity contribution in [2.75, 3.05) is 0 Å². The SMILES string of the molecule is c1ccc(-c2nc(-c3ccc(-c4ccc5oc6c(-c7ccc8c(c7)sc7c(-c9cc(-c%10cc(-c%11ccc(-c%12cccc%13c%12oc%12ccccc%12%13)cc%11)nc(-c%11ccccc%11)n%10)cc(-c%10cccc%11c%10sc%10ccccc%10%11)c9)cccc78)cccc6c5c4)cc3)cc(-c3cc(-c4ccc5sc6ccccc6c5c4)cc(-c4ccc5sc6ccccc6c5c4)c3)n2)cc1. The summed E-state index contributed by atoms with van der Waals surface area (Å²) in [5.74, 6) is 1.32. The molecule has 0 unspecified atom stereocenters. The lowest BCUT2D eigenvalue weighted by Gasteiger charge is -2.14. The molecule has 26 rings (SSSR count). The third-order valence-corrected chi connectivity index (χ3v) is 29.9. The zero-order chi connectivity index (χ0) is 82.6. The number of aromatic nitrogens is 4. The van der Waals surface area contributed by atoms with Crippen molar-refractivity contribution >= 4 is 170 Å². The molecule has 0 N–H and O–H groups in total. The maximum atomic E-state index is 7.00. The van der Waals surface area contributed by atoms with Gasteiger partial charge in [-0.2, -0.15) is 0 Å².